The largest absolute Gasteiger partial charge is 0.332 e. The molecule has 1 aromatic carbocycles. The van der Waals surface area contributed by atoms with Crippen molar-refractivity contribution >= 4 is 56.7 Å². The van der Waals surface area contributed by atoms with E-state index in [2.05, 4.69) is 15.3 Å². The second-order valence-electron chi connectivity index (χ2n) is 7.13. The van der Waals surface area contributed by atoms with Crippen molar-refractivity contribution in [3.8, 4) is 11.3 Å². The molecule has 0 spiro atoms. The number of carbonyl (C=O) groups excluding carboxylic acids is 1. The van der Waals surface area contributed by atoms with E-state index >= 15 is 0 Å². The molecule has 32 heavy (non-hydrogen) atoms. The van der Waals surface area contributed by atoms with Crippen LogP contribution in [-0.4, -0.2) is 29.6 Å². The van der Waals surface area contributed by atoms with Crippen molar-refractivity contribution < 1.29 is 4.79 Å². The molecule has 0 aliphatic carbocycles. The first kappa shape index (κ1) is 22.3. The molecule has 4 aromatic rings. The summed E-state index contributed by atoms with van der Waals surface area (Å²) in [5, 5.41) is 6.10. The minimum Gasteiger partial charge on any atom is -0.325 e. The highest BCUT2D eigenvalue weighted by molar-refractivity contribution is 7.14. The summed E-state index contributed by atoms with van der Waals surface area (Å²) in [6.07, 6.45) is 2.20. The van der Waals surface area contributed by atoms with Crippen LogP contribution in [0.25, 0.3) is 22.4 Å². The van der Waals surface area contributed by atoms with Crippen LogP contribution in [0.5, 0.6) is 0 Å². The average molecular weight is 493 g/mol. The summed E-state index contributed by atoms with van der Waals surface area (Å²) in [6.45, 7) is 0.401. The number of rotatable bonds is 6. The van der Waals surface area contributed by atoms with Gasteiger partial charge in [0.05, 0.1) is 17.0 Å². The van der Waals surface area contributed by atoms with Gasteiger partial charge in [0.1, 0.15) is 0 Å². The van der Waals surface area contributed by atoms with Crippen molar-refractivity contribution in [3.63, 3.8) is 0 Å². The van der Waals surface area contributed by atoms with Gasteiger partial charge in [-0.3, -0.25) is 18.7 Å². The van der Waals surface area contributed by atoms with Gasteiger partial charge >= 0.3 is 5.69 Å². The fraction of sp³-hybridized carbons (Fsp3) is 0.250. The molecule has 166 valence electrons. The Kier molecular flexibility index (Phi) is 6.18. The Labute approximate surface area is 195 Å². The highest BCUT2D eigenvalue weighted by atomic mass is 35.5. The fourth-order valence-electron chi connectivity index (χ4n) is 3.31. The van der Waals surface area contributed by atoms with Crippen molar-refractivity contribution in [2.24, 2.45) is 14.1 Å². The molecule has 1 N–H and O–H groups in total. The van der Waals surface area contributed by atoms with Gasteiger partial charge < -0.3 is 9.88 Å². The molecule has 0 saturated carbocycles. The predicted molar refractivity (Wildman–Crippen MR) is 126 cm³/mol. The number of fused-ring (bicyclic) bond motifs is 1. The maximum absolute atomic E-state index is 12.5. The van der Waals surface area contributed by atoms with Crippen LogP contribution in [0, 0.1) is 0 Å². The third-order valence-electron chi connectivity index (χ3n) is 4.97. The van der Waals surface area contributed by atoms with Crippen LogP contribution in [0.3, 0.4) is 0 Å². The van der Waals surface area contributed by atoms with Gasteiger partial charge in [-0.1, -0.05) is 23.2 Å². The van der Waals surface area contributed by atoms with Gasteiger partial charge in [0.2, 0.25) is 5.91 Å². The van der Waals surface area contributed by atoms with Gasteiger partial charge in [0, 0.05) is 43.0 Å². The Morgan fingerprint density at radius 3 is 2.75 bits per heavy atom. The molecule has 0 unspecified atom stereocenters. The average Bonchev–Trinajstić information content (AvgIpc) is 3.40. The second-order valence-corrected chi connectivity index (χ2v) is 8.83. The Morgan fingerprint density at radius 1 is 1.19 bits per heavy atom. The first-order valence-electron chi connectivity index (χ1n) is 9.58. The van der Waals surface area contributed by atoms with Crippen LogP contribution < -0.4 is 16.6 Å². The summed E-state index contributed by atoms with van der Waals surface area (Å²) in [6, 6.07) is 5.11. The summed E-state index contributed by atoms with van der Waals surface area (Å²) in [7, 11) is 2.99. The Hall–Kier alpha value is -2.95. The molecule has 0 radical (unpaired) electrons. The summed E-state index contributed by atoms with van der Waals surface area (Å²) >= 11 is 13.5. The minimum absolute atomic E-state index is 0.201. The molecular formula is C20H18Cl2N6O3S. The predicted octanol–water partition coefficient (Wildman–Crippen LogP) is 3.28. The van der Waals surface area contributed by atoms with Crippen molar-refractivity contribution in [2.75, 3.05) is 5.32 Å². The van der Waals surface area contributed by atoms with E-state index in [9.17, 15) is 14.4 Å². The zero-order valence-corrected chi connectivity index (χ0v) is 19.5. The van der Waals surface area contributed by atoms with E-state index in [-0.39, 0.29) is 12.3 Å². The number of aromatic nitrogens is 5. The summed E-state index contributed by atoms with van der Waals surface area (Å²) in [4.78, 5) is 45.4. The molecule has 0 fully saturated rings. The van der Waals surface area contributed by atoms with Crippen LogP contribution in [0.4, 0.5) is 5.13 Å². The minimum atomic E-state index is -0.436. The highest BCUT2D eigenvalue weighted by Gasteiger charge is 2.15. The Balaban J connectivity index is 1.41. The van der Waals surface area contributed by atoms with E-state index in [1.165, 1.54) is 29.3 Å². The molecule has 0 atom stereocenters. The topological polar surface area (TPSA) is 104 Å². The third kappa shape index (κ3) is 4.21. The van der Waals surface area contributed by atoms with Crippen LogP contribution in [0.2, 0.25) is 10.0 Å². The molecule has 0 aliphatic rings. The highest BCUT2D eigenvalue weighted by Crippen LogP contribution is 2.32. The van der Waals surface area contributed by atoms with E-state index < -0.39 is 11.2 Å². The molecule has 1 amide bonds. The number of thiazole rings is 1. The van der Waals surface area contributed by atoms with Crippen LogP contribution in [0.1, 0.15) is 12.8 Å². The summed E-state index contributed by atoms with van der Waals surface area (Å²) in [5.41, 5.74) is 1.12. The first-order valence-corrected chi connectivity index (χ1v) is 11.2. The van der Waals surface area contributed by atoms with E-state index in [1.807, 2.05) is 0 Å². The number of anilines is 1. The lowest BCUT2D eigenvalue weighted by molar-refractivity contribution is -0.116. The molecule has 4 rings (SSSR count). The number of benzene rings is 1. The lowest BCUT2D eigenvalue weighted by Crippen LogP contribution is -2.37. The number of nitrogens with zero attached hydrogens (tertiary/aromatic N) is 5. The summed E-state index contributed by atoms with van der Waals surface area (Å²) in [5.74, 6) is -0.201. The number of amides is 1. The number of imidazole rings is 1. The van der Waals surface area contributed by atoms with Gasteiger partial charge in [-0.25, -0.2) is 14.8 Å². The number of hydrogen-bond acceptors (Lipinski definition) is 6. The molecule has 12 heteroatoms. The molecule has 3 heterocycles. The molecule has 0 bridgehead atoms. The van der Waals surface area contributed by atoms with Gasteiger partial charge in [0.15, 0.2) is 16.3 Å². The Bertz CT molecular complexity index is 1450. The molecule has 0 saturated heterocycles. The van der Waals surface area contributed by atoms with Gasteiger partial charge in [-0.15, -0.1) is 11.3 Å². The van der Waals surface area contributed by atoms with Crippen molar-refractivity contribution in [2.45, 2.75) is 19.4 Å². The van der Waals surface area contributed by atoms with E-state index in [1.54, 1.807) is 35.2 Å². The van der Waals surface area contributed by atoms with Crippen LogP contribution in [-0.2, 0) is 25.4 Å². The lowest BCUT2D eigenvalue weighted by Gasteiger charge is -2.07. The smallest absolute Gasteiger partial charge is 0.325 e. The summed E-state index contributed by atoms with van der Waals surface area (Å²) < 4.78 is 4.03. The molecule has 0 aliphatic heterocycles. The fourth-order valence-corrected chi connectivity index (χ4v) is 4.42. The van der Waals surface area contributed by atoms with Gasteiger partial charge in [0.25, 0.3) is 5.56 Å². The lowest BCUT2D eigenvalue weighted by atomic mass is 10.2. The SMILES string of the molecule is Cn1c(=O)c2c(ncn2CCCC(=O)Nc2nc(-c3cc(Cl)ccc3Cl)cs2)n(C)c1=O. The maximum Gasteiger partial charge on any atom is 0.332 e. The quantitative estimate of drug-likeness (QED) is 0.444. The Morgan fingerprint density at radius 2 is 1.97 bits per heavy atom. The van der Waals surface area contributed by atoms with Crippen LogP contribution in [0.15, 0.2) is 39.5 Å². The third-order valence-corrected chi connectivity index (χ3v) is 6.30. The van der Waals surface area contributed by atoms with Crippen molar-refractivity contribution in [1.82, 2.24) is 23.7 Å². The van der Waals surface area contributed by atoms with Gasteiger partial charge in [-0.05, 0) is 24.6 Å². The molecular weight excluding hydrogens is 475 g/mol. The number of nitrogens with one attached hydrogen (secondary N) is 1. The zero-order valence-electron chi connectivity index (χ0n) is 17.1. The van der Waals surface area contributed by atoms with E-state index in [0.717, 1.165) is 4.57 Å². The molecule has 3 aromatic heterocycles. The van der Waals surface area contributed by atoms with Crippen LogP contribution >= 0.6 is 34.5 Å². The molecule has 9 nitrogen and oxygen atoms in total. The zero-order chi connectivity index (χ0) is 23.0. The number of hydrogen-bond donors (Lipinski definition) is 1. The van der Waals surface area contributed by atoms with Crippen molar-refractivity contribution in [3.05, 3.63) is 60.8 Å². The number of halogens is 2. The first-order chi connectivity index (χ1) is 15.3. The standard InChI is InChI=1S/C20H18Cl2N6O3S/c1-26-17-16(18(30)27(2)20(26)31)28(10-23-17)7-3-4-15(29)25-19-24-14(9-32-19)12-8-11(21)5-6-13(12)22/h5-6,8-10H,3-4,7H2,1-2H3,(H,24,25,29). The number of carbonyl (C=O) groups is 1. The van der Waals surface area contributed by atoms with Gasteiger partial charge in [-0.2, -0.15) is 0 Å². The monoisotopic (exact) mass is 492 g/mol. The van der Waals surface area contributed by atoms with Crippen molar-refractivity contribution in [1.29, 1.82) is 0 Å². The normalized spacial score (nSPS) is 11.2. The number of aryl methyl sites for hydroxylation is 2. The van der Waals surface area contributed by atoms with E-state index in [0.29, 0.717) is 50.6 Å². The van der Waals surface area contributed by atoms with E-state index in [4.69, 9.17) is 23.2 Å². The second kappa shape index (κ2) is 8.89. The maximum atomic E-state index is 12.5.